The number of piperazine rings is 2. The maximum absolute atomic E-state index is 12.8. The molecule has 2 aromatic carbocycles. The Morgan fingerprint density at radius 1 is 0.867 bits per heavy atom. The van der Waals surface area contributed by atoms with Crippen molar-refractivity contribution in [1.29, 1.82) is 0 Å². The van der Waals surface area contributed by atoms with E-state index in [-0.39, 0.29) is 5.91 Å². The Kier molecular flexibility index (Phi) is 6.55. The molecule has 0 aliphatic carbocycles. The van der Waals surface area contributed by atoms with E-state index < -0.39 is 0 Å². The molecule has 6 heteroatoms. The number of phenols is 1. The summed E-state index contributed by atoms with van der Waals surface area (Å²) in [6.07, 6.45) is 0. The van der Waals surface area contributed by atoms with Crippen molar-refractivity contribution in [1.82, 2.24) is 14.7 Å². The van der Waals surface area contributed by atoms with Crippen LogP contribution in [0, 0.1) is 0 Å². The zero-order valence-electron chi connectivity index (χ0n) is 17.8. The second-order valence-electron chi connectivity index (χ2n) is 8.26. The first-order chi connectivity index (χ1) is 14.6. The Labute approximate surface area is 179 Å². The van der Waals surface area contributed by atoms with Gasteiger partial charge in [-0.05, 0) is 24.6 Å². The Hall–Kier alpha value is -2.57. The second-order valence-corrected chi connectivity index (χ2v) is 8.26. The summed E-state index contributed by atoms with van der Waals surface area (Å²) >= 11 is 0. The topological polar surface area (TPSA) is 50.3 Å². The minimum atomic E-state index is 0.234. The van der Waals surface area contributed by atoms with Gasteiger partial charge in [-0.2, -0.15) is 0 Å². The van der Waals surface area contributed by atoms with Gasteiger partial charge in [0.05, 0.1) is 12.2 Å². The number of para-hydroxylation sites is 2. The van der Waals surface area contributed by atoms with E-state index in [9.17, 15) is 9.90 Å². The first-order valence-electron chi connectivity index (χ1n) is 10.9. The van der Waals surface area contributed by atoms with Crippen LogP contribution in [-0.4, -0.2) is 84.6 Å². The summed E-state index contributed by atoms with van der Waals surface area (Å²) in [5, 5.41) is 10.1. The molecule has 1 N–H and O–H groups in total. The number of carbonyl (C=O) groups is 1. The molecule has 0 saturated carbocycles. The monoisotopic (exact) mass is 408 g/mol. The Morgan fingerprint density at radius 3 is 2.17 bits per heavy atom. The smallest absolute Gasteiger partial charge is 0.236 e. The van der Waals surface area contributed by atoms with Gasteiger partial charge in [-0.3, -0.25) is 14.6 Å². The van der Waals surface area contributed by atoms with Gasteiger partial charge in [0.1, 0.15) is 5.75 Å². The molecule has 4 rings (SSSR count). The van der Waals surface area contributed by atoms with Crippen LogP contribution in [0.1, 0.15) is 18.5 Å². The fourth-order valence-corrected chi connectivity index (χ4v) is 4.47. The molecule has 0 bridgehead atoms. The van der Waals surface area contributed by atoms with Crippen LogP contribution < -0.4 is 4.90 Å². The third-order valence-electron chi connectivity index (χ3n) is 6.45. The minimum Gasteiger partial charge on any atom is -0.506 e. The maximum Gasteiger partial charge on any atom is 0.236 e. The van der Waals surface area contributed by atoms with Gasteiger partial charge in [0.15, 0.2) is 0 Å². The van der Waals surface area contributed by atoms with Crippen LogP contribution in [0.5, 0.6) is 5.75 Å². The van der Waals surface area contributed by atoms with Crippen LogP contribution in [0.2, 0.25) is 0 Å². The molecular weight excluding hydrogens is 376 g/mol. The molecule has 2 saturated heterocycles. The summed E-state index contributed by atoms with van der Waals surface area (Å²) in [4.78, 5) is 21.7. The van der Waals surface area contributed by atoms with E-state index in [2.05, 4.69) is 52.0 Å². The summed E-state index contributed by atoms with van der Waals surface area (Å²) in [6.45, 7) is 9.50. The van der Waals surface area contributed by atoms with Gasteiger partial charge in [0, 0.05) is 58.4 Å². The van der Waals surface area contributed by atoms with Crippen LogP contribution in [0.25, 0.3) is 0 Å². The Bertz CT molecular complexity index is 828. The molecule has 160 valence electrons. The van der Waals surface area contributed by atoms with Gasteiger partial charge in [-0.25, -0.2) is 0 Å². The van der Waals surface area contributed by atoms with Crippen molar-refractivity contribution in [2.45, 2.75) is 13.0 Å². The Balaban J connectivity index is 1.22. The molecule has 2 aliphatic heterocycles. The summed E-state index contributed by atoms with van der Waals surface area (Å²) in [6, 6.07) is 18.4. The molecule has 2 aromatic rings. The SMILES string of the molecule is CC(c1ccccc1)N1CCN(C(=O)CN2CCN(c3ccccc3O)CC2)CC1. The van der Waals surface area contributed by atoms with Gasteiger partial charge < -0.3 is 14.9 Å². The summed E-state index contributed by atoms with van der Waals surface area (Å²) in [5.41, 5.74) is 2.21. The predicted octanol–water partition coefficient (Wildman–Crippen LogP) is 2.42. The molecule has 2 aliphatic rings. The van der Waals surface area contributed by atoms with Crippen LogP contribution in [0.3, 0.4) is 0 Å². The third-order valence-corrected chi connectivity index (χ3v) is 6.45. The molecule has 0 radical (unpaired) electrons. The van der Waals surface area contributed by atoms with E-state index >= 15 is 0 Å². The number of rotatable bonds is 5. The first-order valence-corrected chi connectivity index (χ1v) is 10.9. The van der Waals surface area contributed by atoms with Crippen LogP contribution >= 0.6 is 0 Å². The number of nitrogens with zero attached hydrogens (tertiary/aromatic N) is 4. The van der Waals surface area contributed by atoms with Crippen molar-refractivity contribution < 1.29 is 9.90 Å². The highest BCUT2D eigenvalue weighted by Crippen LogP contribution is 2.27. The van der Waals surface area contributed by atoms with Crippen molar-refractivity contribution in [3.63, 3.8) is 0 Å². The number of carbonyl (C=O) groups excluding carboxylic acids is 1. The van der Waals surface area contributed by atoms with Crippen molar-refractivity contribution >= 4 is 11.6 Å². The van der Waals surface area contributed by atoms with E-state index in [4.69, 9.17) is 0 Å². The van der Waals surface area contributed by atoms with Gasteiger partial charge in [-0.1, -0.05) is 42.5 Å². The lowest BCUT2D eigenvalue weighted by atomic mass is 10.1. The number of aromatic hydroxyl groups is 1. The molecule has 0 aromatic heterocycles. The highest BCUT2D eigenvalue weighted by molar-refractivity contribution is 5.78. The van der Waals surface area contributed by atoms with Gasteiger partial charge in [-0.15, -0.1) is 0 Å². The first kappa shape index (κ1) is 20.7. The zero-order chi connectivity index (χ0) is 20.9. The lowest BCUT2D eigenvalue weighted by molar-refractivity contribution is -0.134. The van der Waals surface area contributed by atoms with Crippen molar-refractivity contribution in [3.8, 4) is 5.75 Å². The minimum absolute atomic E-state index is 0.234. The third kappa shape index (κ3) is 4.77. The van der Waals surface area contributed by atoms with Crippen LogP contribution in [0.4, 0.5) is 5.69 Å². The second kappa shape index (κ2) is 9.49. The van der Waals surface area contributed by atoms with E-state index in [0.717, 1.165) is 58.0 Å². The molecule has 30 heavy (non-hydrogen) atoms. The summed E-state index contributed by atoms with van der Waals surface area (Å²) in [7, 11) is 0. The zero-order valence-corrected chi connectivity index (χ0v) is 17.8. The van der Waals surface area contributed by atoms with E-state index in [1.165, 1.54) is 5.56 Å². The summed E-state index contributed by atoms with van der Waals surface area (Å²) < 4.78 is 0. The number of anilines is 1. The number of benzene rings is 2. The molecule has 0 spiro atoms. The van der Waals surface area contributed by atoms with E-state index in [1.807, 2.05) is 23.1 Å². The number of hydrogen-bond acceptors (Lipinski definition) is 5. The lowest BCUT2D eigenvalue weighted by Crippen LogP contribution is -2.54. The number of hydrogen-bond donors (Lipinski definition) is 1. The normalized spacial score (nSPS) is 19.6. The number of amides is 1. The van der Waals surface area contributed by atoms with Crippen LogP contribution in [-0.2, 0) is 4.79 Å². The quantitative estimate of drug-likeness (QED) is 0.824. The van der Waals surface area contributed by atoms with Crippen molar-refractivity contribution in [3.05, 3.63) is 60.2 Å². The number of phenolic OH excluding ortho intramolecular Hbond substituents is 1. The fraction of sp³-hybridized carbons (Fsp3) is 0.458. The largest absolute Gasteiger partial charge is 0.506 e. The molecule has 1 unspecified atom stereocenters. The van der Waals surface area contributed by atoms with Gasteiger partial charge >= 0.3 is 0 Å². The molecule has 1 atom stereocenters. The average Bonchev–Trinajstić information content (AvgIpc) is 2.80. The Morgan fingerprint density at radius 2 is 1.50 bits per heavy atom. The average molecular weight is 409 g/mol. The van der Waals surface area contributed by atoms with Crippen LogP contribution in [0.15, 0.2) is 54.6 Å². The van der Waals surface area contributed by atoms with Gasteiger partial charge in [0.2, 0.25) is 5.91 Å². The molecule has 2 heterocycles. The molecule has 6 nitrogen and oxygen atoms in total. The highest BCUT2D eigenvalue weighted by Gasteiger charge is 2.27. The fourth-order valence-electron chi connectivity index (χ4n) is 4.47. The summed E-state index contributed by atoms with van der Waals surface area (Å²) in [5.74, 6) is 0.558. The molecular formula is C24H32N4O2. The van der Waals surface area contributed by atoms with E-state index in [0.29, 0.717) is 18.3 Å². The molecule has 2 fully saturated rings. The standard InChI is InChI=1S/C24H32N4O2/c1-20(21-7-3-2-4-8-21)26-15-17-28(18-16-26)24(30)19-25-11-13-27(14-12-25)22-9-5-6-10-23(22)29/h2-10,20,29H,11-19H2,1H3. The maximum atomic E-state index is 12.8. The molecule has 1 amide bonds. The van der Waals surface area contributed by atoms with Crippen molar-refractivity contribution in [2.75, 3.05) is 63.8 Å². The predicted molar refractivity (Wildman–Crippen MR) is 120 cm³/mol. The van der Waals surface area contributed by atoms with Crippen molar-refractivity contribution in [2.24, 2.45) is 0 Å². The van der Waals surface area contributed by atoms with Gasteiger partial charge in [0.25, 0.3) is 0 Å². The lowest BCUT2D eigenvalue weighted by Gasteiger charge is -2.40. The van der Waals surface area contributed by atoms with E-state index in [1.54, 1.807) is 6.07 Å². The highest BCUT2D eigenvalue weighted by atomic mass is 16.3.